The molecule has 5 heteroatoms. The van der Waals surface area contributed by atoms with Crippen LogP contribution in [0.1, 0.15) is 18.4 Å². The van der Waals surface area contributed by atoms with E-state index in [1.165, 1.54) is 6.07 Å². The number of carbonyl (C=O) groups is 1. The van der Waals surface area contributed by atoms with Crippen molar-refractivity contribution in [1.82, 2.24) is 5.32 Å². The fourth-order valence-electron chi connectivity index (χ4n) is 2.15. The summed E-state index contributed by atoms with van der Waals surface area (Å²) in [6.07, 6.45) is 2.09. The van der Waals surface area contributed by atoms with Gasteiger partial charge in [-0.1, -0.05) is 18.2 Å². The summed E-state index contributed by atoms with van der Waals surface area (Å²) in [5.41, 5.74) is 0.850. The highest BCUT2D eigenvalue weighted by molar-refractivity contribution is 5.80. The van der Waals surface area contributed by atoms with E-state index in [0.29, 0.717) is 18.4 Å². The average Bonchev–Trinajstić information content (AvgIpc) is 2.72. The molecule has 1 amide bonds. The Morgan fingerprint density at radius 2 is 2.18 bits per heavy atom. The monoisotopic (exact) mass is 234 g/mol. The Morgan fingerprint density at radius 3 is 2.82 bits per heavy atom. The number of nitrogens with one attached hydrogen (secondary N) is 1. The van der Waals surface area contributed by atoms with Gasteiger partial charge in [-0.2, -0.15) is 0 Å². The van der Waals surface area contributed by atoms with Gasteiger partial charge in [-0.25, -0.2) is 0 Å². The maximum absolute atomic E-state index is 11.4. The third-order valence-electron chi connectivity index (χ3n) is 3.11. The molecule has 17 heavy (non-hydrogen) atoms. The Morgan fingerprint density at radius 1 is 1.41 bits per heavy atom. The fraction of sp³-hybridized carbons (Fsp3) is 0.417. The molecule has 5 nitrogen and oxygen atoms in total. The van der Waals surface area contributed by atoms with E-state index in [2.05, 4.69) is 5.32 Å². The average molecular weight is 234 g/mol. The van der Waals surface area contributed by atoms with Gasteiger partial charge >= 0.3 is 0 Å². The minimum atomic E-state index is -0.371. The molecule has 1 aromatic rings. The molecular formula is C12H14N2O3. The van der Waals surface area contributed by atoms with Gasteiger partial charge in [-0.05, 0) is 19.3 Å². The van der Waals surface area contributed by atoms with E-state index in [4.69, 9.17) is 0 Å². The number of hydrogen-bond donors (Lipinski definition) is 1. The van der Waals surface area contributed by atoms with Crippen molar-refractivity contribution in [3.8, 4) is 0 Å². The maximum atomic E-state index is 11.4. The lowest BCUT2D eigenvalue weighted by molar-refractivity contribution is -0.385. The molecule has 1 heterocycles. The van der Waals surface area contributed by atoms with E-state index in [-0.39, 0.29) is 22.4 Å². The molecule has 0 aliphatic carbocycles. The molecule has 1 aliphatic heterocycles. The predicted molar refractivity (Wildman–Crippen MR) is 62.5 cm³/mol. The molecule has 1 N–H and O–H groups in total. The van der Waals surface area contributed by atoms with Crippen molar-refractivity contribution in [2.45, 2.75) is 19.3 Å². The summed E-state index contributed by atoms with van der Waals surface area (Å²) >= 11 is 0. The Hall–Kier alpha value is -1.91. The van der Waals surface area contributed by atoms with Crippen LogP contribution in [0.15, 0.2) is 24.3 Å². The standard InChI is InChI=1S/C12H14N2O3/c15-12-10(7-8-13-12)6-5-9-3-1-2-4-11(9)14(16)17/h1-4,10H,5-8H2,(H,13,15). The summed E-state index contributed by atoms with van der Waals surface area (Å²) in [7, 11) is 0. The van der Waals surface area contributed by atoms with E-state index in [1.54, 1.807) is 18.2 Å². The first-order chi connectivity index (χ1) is 8.18. The van der Waals surface area contributed by atoms with Crippen LogP contribution in [0.25, 0.3) is 0 Å². The molecule has 1 unspecified atom stereocenters. The Bertz CT molecular complexity index is 445. The van der Waals surface area contributed by atoms with Crippen LogP contribution >= 0.6 is 0 Å². The number of carbonyl (C=O) groups excluding carboxylic acids is 1. The molecule has 2 rings (SSSR count). The lowest BCUT2D eigenvalue weighted by atomic mass is 9.97. The second-order valence-electron chi connectivity index (χ2n) is 4.20. The lowest BCUT2D eigenvalue weighted by Crippen LogP contribution is -2.19. The number of amides is 1. The molecule has 0 aromatic heterocycles. The Kier molecular flexibility index (Phi) is 3.37. The zero-order valence-corrected chi connectivity index (χ0v) is 9.39. The van der Waals surface area contributed by atoms with Crippen molar-refractivity contribution in [2.75, 3.05) is 6.54 Å². The molecule has 90 valence electrons. The number of aryl methyl sites for hydroxylation is 1. The van der Waals surface area contributed by atoms with Crippen LogP contribution in [0.4, 0.5) is 5.69 Å². The van der Waals surface area contributed by atoms with Crippen molar-refractivity contribution < 1.29 is 9.72 Å². The molecule has 1 aromatic carbocycles. The van der Waals surface area contributed by atoms with Gasteiger partial charge in [-0.15, -0.1) is 0 Å². The first kappa shape index (κ1) is 11.6. The van der Waals surface area contributed by atoms with Crippen LogP contribution < -0.4 is 5.32 Å². The third kappa shape index (κ3) is 2.61. The van der Waals surface area contributed by atoms with Gasteiger partial charge in [0.25, 0.3) is 5.69 Å². The zero-order valence-electron chi connectivity index (χ0n) is 9.39. The van der Waals surface area contributed by atoms with Crippen molar-refractivity contribution >= 4 is 11.6 Å². The van der Waals surface area contributed by atoms with Crippen LogP contribution in [0.3, 0.4) is 0 Å². The number of para-hydroxylation sites is 1. The summed E-state index contributed by atoms with van der Waals surface area (Å²) in [5.74, 6) is 0.0818. The smallest absolute Gasteiger partial charge is 0.272 e. The highest BCUT2D eigenvalue weighted by atomic mass is 16.6. The van der Waals surface area contributed by atoms with Crippen LogP contribution in [-0.4, -0.2) is 17.4 Å². The fourth-order valence-corrected chi connectivity index (χ4v) is 2.15. The molecule has 0 spiro atoms. The minimum Gasteiger partial charge on any atom is -0.356 e. The van der Waals surface area contributed by atoms with Crippen molar-refractivity contribution in [2.24, 2.45) is 5.92 Å². The van der Waals surface area contributed by atoms with Crippen molar-refractivity contribution in [1.29, 1.82) is 0 Å². The van der Waals surface area contributed by atoms with Crippen LogP contribution in [0.5, 0.6) is 0 Å². The van der Waals surface area contributed by atoms with Crippen molar-refractivity contribution in [3.63, 3.8) is 0 Å². The van der Waals surface area contributed by atoms with Crippen LogP contribution in [0.2, 0.25) is 0 Å². The molecule has 1 saturated heterocycles. The molecular weight excluding hydrogens is 220 g/mol. The quantitative estimate of drug-likeness (QED) is 0.636. The van der Waals surface area contributed by atoms with Gasteiger partial charge in [-0.3, -0.25) is 14.9 Å². The Balaban J connectivity index is 2.03. The lowest BCUT2D eigenvalue weighted by Gasteiger charge is -2.06. The number of nitrogens with zero attached hydrogens (tertiary/aromatic N) is 1. The number of benzene rings is 1. The van der Waals surface area contributed by atoms with E-state index >= 15 is 0 Å². The number of rotatable bonds is 4. The Labute approximate surface area is 99.0 Å². The number of nitro benzene ring substituents is 1. The zero-order chi connectivity index (χ0) is 12.3. The predicted octanol–water partition coefficient (Wildman–Crippen LogP) is 1.66. The SMILES string of the molecule is O=C1NCCC1CCc1ccccc1[N+](=O)[O-]. The summed E-state index contributed by atoms with van der Waals surface area (Å²) in [6, 6.07) is 6.70. The van der Waals surface area contributed by atoms with E-state index < -0.39 is 0 Å². The molecule has 0 radical (unpaired) electrons. The largest absolute Gasteiger partial charge is 0.356 e. The second-order valence-corrected chi connectivity index (χ2v) is 4.20. The molecule has 0 bridgehead atoms. The molecule has 1 fully saturated rings. The van der Waals surface area contributed by atoms with E-state index in [0.717, 1.165) is 13.0 Å². The van der Waals surface area contributed by atoms with Gasteiger partial charge in [0.05, 0.1) is 4.92 Å². The van der Waals surface area contributed by atoms with E-state index in [9.17, 15) is 14.9 Å². The summed E-state index contributed by atoms with van der Waals surface area (Å²) in [6.45, 7) is 0.723. The topological polar surface area (TPSA) is 72.2 Å². The number of nitro groups is 1. The summed E-state index contributed by atoms with van der Waals surface area (Å²) in [5, 5.41) is 13.6. The van der Waals surface area contributed by atoms with Gasteiger partial charge < -0.3 is 5.32 Å². The second kappa shape index (κ2) is 4.95. The van der Waals surface area contributed by atoms with Crippen LogP contribution in [0, 0.1) is 16.0 Å². The first-order valence-corrected chi connectivity index (χ1v) is 5.68. The van der Waals surface area contributed by atoms with Gasteiger partial charge in [0.15, 0.2) is 0 Å². The summed E-state index contributed by atoms with van der Waals surface area (Å²) < 4.78 is 0. The van der Waals surface area contributed by atoms with Gasteiger partial charge in [0, 0.05) is 24.1 Å². The number of hydrogen-bond acceptors (Lipinski definition) is 3. The van der Waals surface area contributed by atoms with Crippen LogP contribution in [-0.2, 0) is 11.2 Å². The minimum absolute atomic E-state index is 0.00908. The normalized spacial score (nSPS) is 19.1. The van der Waals surface area contributed by atoms with E-state index in [1.807, 2.05) is 0 Å². The highest BCUT2D eigenvalue weighted by Gasteiger charge is 2.24. The molecule has 1 aliphatic rings. The maximum Gasteiger partial charge on any atom is 0.272 e. The van der Waals surface area contributed by atoms with Crippen molar-refractivity contribution in [3.05, 3.63) is 39.9 Å². The molecule has 0 saturated carbocycles. The van der Waals surface area contributed by atoms with Gasteiger partial charge in [0.2, 0.25) is 5.91 Å². The summed E-state index contributed by atoms with van der Waals surface area (Å²) in [4.78, 5) is 21.8. The first-order valence-electron chi connectivity index (χ1n) is 5.68. The highest BCUT2D eigenvalue weighted by Crippen LogP contribution is 2.23. The molecule has 1 atom stereocenters. The van der Waals surface area contributed by atoms with Gasteiger partial charge in [0.1, 0.15) is 0 Å². The third-order valence-corrected chi connectivity index (χ3v) is 3.11.